The lowest BCUT2D eigenvalue weighted by atomic mass is 9.94. The van der Waals surface area contributed by atoms with E-state index in [4.69, 9.17) is 4.74 Å². The minimum atomic E-state index is -0.690. The highest BCUT2D eigenvalue weighted by molar-refractivity contribution is 6.06. The Labute approximate surface area is 192 Å². The molecule has 4 rings (SSSR count). The van der Waals surface area contributed by atoms with Crippen molar-refractivity contribution in [3.8, 4) is 0 Å². The fourth-order valence-electron chi connectivity index (χ4n) is 3.89. The molecule has 3 aromatic carbocycles. The predicted octanol–water partition coefficient (Wildman–Crippen LogP) is 4.63. The number of fused-ring (bicyclic) bond motifs is 1. The average molecular weight is 444 g/mol. The molecule has 0 aromatic heterocycles. The number of nitrogens with zero attached hydrogens (tertiary/aromatic N) is 1. The van der Waals surface area contributed by atoms with Crippen LogP contribution >= 0.6 is 0 Å². The SMILES string of the molecule is CCOC(=O)C1=C(C)N(C)C(=O)NC1c1cccc(NC(=O)c2ccc3ccccc3c2)c1. The molecule has 0 radical (unpaired) electrons. The summed E-state index contributed by atoms with van der Waals surface area (Å²) in [5.74, 6) is -0.736. The second kappa shape index (κ2) is 9.16. The van der Waals surface area contributed by atoms with Gasteiger partial charge in [0.2, 0.25) is 0 Å². The van der Waals surface area contributed by atoms with Gasteiger partial charge in [-0.25, -0.2) is 9.59 Å². The standard InChI is InChI=1S/C26H25N3O4/c1-4-33-25(31)22-16(2)29(3)26(32)28-23(22)19-10-7-11-21(15-19)27-24(30)20-13-12-17-8-5-6-9-18(17)14-20/h5-15,23H,4H2,1-3H3,(H,27,30)(H,28,32). The van der Waals surface area contributed by atoms with Crippen molar-refractivity contribution in [2.75, 3.05) is 19.0 Å². The average Bonchev–Trinajstić information content (AvgIpc) is 2.82. The van der Waals surface area contributed by atoms with Crippen LogP contribution in [0.2, 0.25) is 0 Å². The van der Waals surface area contributed by atoms with Crippen LogP contribution in [-0.2, 0) is 9.53 Å². The summed E-state index contributed by atoms with van der Waals surface area (Å²) in [7, 11) is 1.60. The molecule has 1 aliphatic rings. The normalized spacial score (nSPS) is 15.9. The lowest BCUT2D eigenvalue weighted by Gasteiger charge is -2.33. The first-order valence-electron chi connectivity index (χ1n) is 10.7. The van der Waals surface area contributed by atoms with Gasteiger partial charge in [0, 0.05) is 24.0 Å². The summed E-state index contributed by atoms with van der Waals surface area (Å²) < 4.78 is 5.23. The smallest absolute Gasteiger partial charge is 0.338 e. The Hall–Kier alpha value is -4.13. The highest BCUT2D eigenvalue weighted by atomic mass is 16.5. The van der Waals surface area contributed by atoms with Crippen molar-refractivity contribution in [1.29, 1.82) is 0 Å². The highest BCUT2D eigenvalue weighted by Crippen LogP contribution is 2.32. The summed E-state index contributed by atoms with van der Waals surface area (Å²) in [5, 5.41) is 7.80. The molecule has 168 valence electrons. The van der Waals surface area contributed by atoms with Crippen LogP contribution in [-0.4, -0.2) is 36.5 Å². The van der Waals surface area contributed by atoms with Crippen LogP contribution in [0.4, 0.5) is 10.5 Å². The second-order valence-electron chi connectivity index (χ2n) is 7.80. The van der Waals surface area contributed by atoms with E-state index in [2.05, 4.69) is 10.6 Å². The summed E-state index contributed by atoms with van der Waals surface area (Å²) >= 11 is 0. The summed E-state index contributed by atoms with van der Waals surface area (Å²) in [4.78, 5) is 39.4. The van der Waals surface area contributed by atoms with Gasteiger partial charge in [0.05, 0.1) is 18.2 Å². The molecule has 0 aliphatic carbocycles. The number of carbonyl (C=O) groups is 3. The Morgan fingerprint density at radius 2 is 1.79 bits per heavy atom. The summed E-state index contributed by atoms with van der Waals surface area (Å²) in [5.41, 5.74) is 2.63. The van der Waals surface area contributed by atoms with Gasteiger partial charge in [0.1, 0.15) is 0 Å². The van der Waals surface area contributed by atoms with Crippen LogP contribution in [0, 0.1) is 0 Å². The zero-order valence-corrected chi connectivity index (χ0v) is 18.7. The molecule has 7 nitrogen and oxygen atoms in total. The highest BCUT2D eigenvalue weighted by Gasteiger charge is 2.35. The van der Waals surface area contributed by atoms with E-state index in [1.165, 1.54) is 4.90 Å². The molecule has 0 bridgehead atoms. The minimum absolute atomic E-state index is 0.224. The minimum Gasteiger partial charge on any atom is -0.463 e. The maximum atomic E-state index is 12.9. The van der Waals surface area contributed by atoms with Crippen LogP contribution in [0.3, 0.4) is 0 Å². The number of benzene rings is 3. The van der Waals surface area contributed by atoms with Gasteiger partial charge >= 0.3 is 12.0 Å². The van der Waals surface area contributed by atoms with Crippen molar-refractivity contribution in [2.24, 2.45) is 0 Å². The number of ether oxygens (including phenoxy) is 1. The number of rotatable bonds is 5. The molecule has 0 saturated carbocycles. The molecular formula is C26H25N3O4. The molecule has 1 unspecified atom stereocenters. The van der Waals surface area contributed by atoms with Gasteiger partial charge in [-0.2, -0.15) is 0 Å². The van der Waals surface area contributed by atoms with Crippen molar-refractivity contribution in [1.82, 2.24) is 10.2 Å². The van der Waals surface area contributed by atoms with Gasteiger partial charge in [-0.05, 0) is 54.4 Å². The second-order valence-corrected chi connectivity index (χ2v) is 7.80. The Kier molecular flexibility index (Phi) is 6.13. The van der Waals surface area contributed by atoms with Crippen molar-refractivity contribution in [3.63, 3.8) is 0 Å². The molecule has 3 aromatic rings. The first-order chi connectivity index (χ1) is 15.9. The topological polar surface area (TPSA) is 87.7 Å². The maximum absolute atomic E-state index is 12.9. The van der Waals surface area contributed by atoms with Gasteiger partial charge in [0.25, 0.3) is 5.91 Å². The Morgan fingerprint density at radius 1 is 1.03 bits per heavy atom. The largest absolute Gasteiger partial charge is 0.463 e. The number of carbonyl (C=O) groups excluding carboxylic acids is 3. The Balaban J connectivity index is 1.63. The van der Waals surface area contributed by atoms with Crippen molar-refractivity contribution < 1.29 is 19.1 Å². The number of anilines is 1. The molecule has 1 aliphatic heterocycles. The summed E-state index contributed by atoms with van der Waals surface area (Å²) in [6.45, 7) is 3.67. The van der Waals surface area contributed by atoms with E-state index in [1.807, 2.05) is 36.4 Å². The molecule has 7 heteroatoms. The van der Waals surface area contributed by atoms with Crippen LogP contribution in [0.15, 0.2) is 78.0 Å². The van der Waals surface area contributed by atoms with E-state index < -0.39 is 12.0 Å². The third kappa shape index (κ3) is 4.43. The van der Waals surface area contributed by atoms with E-state index in [1.54, 1.807) is 51.2 Å². The molecule has 1 heterocycles. The van der Waals surface area contributed by atoms with Crippen LogP contribution in [0.5, 0.6) is 0 Å². The first-order valence-corrected chi connectivity index (χ1v) is 10.7. The maximum Gasteiger partial charge on any atom is 0.338 e. The summed E-state index contributed by atoms with van der Waals surface area (Å²) in [6.07, 6.45) is 0. The Bertz CT molecular complexity index is 1280. The van der Waals surface area contributed by atoms with Gasteiger partial charge in [-0.3, -0.25) is 4.79 Å². The number of amides is 3. The molecule has 3 amide bonds. The quantitative estimate of drug-likeness (QED) is 0.563. The number of hydrogen-bond donors (Lipinski definition) is 2. The van der Waals surface area contributed by atoms with Gasteiger partial charge in [0.15, 0.2) is 0 Å². The number of urea groups is 1. The first kappa shape index (κ1) is 22.1. The molecule has 1 atom stereocenters. The number of allylic oxidation sites excluding steroid dienone is 1. The fraction of sp³-hybridized carbons (Fsp3) is 0.192. The lowest BCUT2D eigenvalue weighted by molar-refractivity contribution is -0.139. The van der Waals surface area contributed by atoms with Crippen LogP contribution in [0.25, 0.3) is 10.8 Å². The third-order valence-corrected chi connectivity index (χ3v) is 5.74. The predicted molar refractivity (Wildman–Crippen MR) is 127 cm³/mol. The molecule has 0 saturated heterocycles. The van der Waals surface area contributed by atoms with E-state index in [0.29, 0.717) is 28.1 Å². The van der Waals surface area contributed by atoms with E-state index in [0.717, 1.165) is 10.8 Å². The van der Waals surface area contributed by atoms with Gasteiger partial charge in [-0.1, -0.05) is 42.5 Å². The molecular weight excluding hydrogens is 418 g/mol. The monoisotopic (exact) mass is 443 g/mol. The van der Waals surface area contributed by atoms with Gasteiger partial charge < -0.3 is 20.3 Å². The van der Waals surface area contributed by atoms with E-state index in [9.17, 15) is 14.4 Å². The zero-order chi connectivity index (χ0) is 23.5. The fourth-order valence-corrected chi connectivity index (χ4v) is 3.89. The molecule has 33 heavy (non-hydrogen) atoms. The number of esters is 1. The number of hydrogen-bond acceptors (Lipinski definition) is 4. The van der Waals surface area contributed by atoms with Crippen molar-refractivity contribution in [3.05, 3.63) is 89.1 Å². The lowest BCUT2D eigenvalue weighted by Crippen LogP contribution is -2.46. The van der Waals surface area contributed by atoms with E-state index in [-0.39, 0.29) is 18.5 Å². The molecule has 0 spiro atoms. The van der Waals surface area contributed by atoms with Gasteiger partial charge in [-0.15, -0.1) is 0 Å². The zero-order valence-electron chi connectivity index (χ0n) is 18.7. The summed E-state index contributed by atoms with van der Waals surface area (Å²) in [6, 6.07) is 19.4. The Morgan fingerprint density at radius 3 is 2.55 bits per heavy atom. The van der Waals surface area contributed by atoms with E-state index >= 15 is 0 Å². The van der Waals surface area contributed by atoms with Crippen molar-refractivity contribution in [2.45, 2.75) is 19.9 Å². The van der Waals surface area contributed by atoms with Crippen molar-refractivity contribution >= 4 is 34.4 Å². The van der Waals surface area contributed by atoms with Crippen LogP contribution < -0.4 is 10.6 Å². The third-order valence-electron chi connectivity index (χ3n) is 5.74. The number of nitrogens with one attached hydrogen (secondary N) is 2. The molecule has 0 fully saturated rings. The molecule has 2 N–H and O–H groups in total. The van der Waals surface area contributed by atoms with Crippen LogP contribution in [0.1, 0.15) is 35.8 Å².